The first kappa shape index (κ1) is 16.9. The van der Waals surface area contributed by atoms with E-state index in [1.54, 1.807) is 36.9 Å². The van der Waals surface area contributed by atoms with E-state index in [0.29, 0.717) is 24.5 Å². The van der Waals surface area contributed by atoms with E-state index < -0.39 is 0 Å². The van der Waals surface area contributed by atoms with Crippen LogP contribution in [0.3, 0.4) is 0 Å². The molecule has 0 aromatic carbocycles. The zero-order valence-corrected chi connectivity index (χ0v) is 14.7. The molecule has 3 aromatic heterocycles. The van der Waals surface area contributed by atoms with Crippen LogP contribution in [0.2, 0.25) is 0 Å². The maximum Gasteiger partial charge on any atom is 0.254 e. The number of piperazine rings is 1. The van der Waals surface area contributed by atoms with Gasteiger partial charge < -0.3 is 15.1 Å². The van der Waals surface area contributed by atoms with Gasteiger partial charge >= 0.3 is 0 Å². The molecule has 136 valence electrons. The summed E-state index contributed by atoms with van der Waals surface area (Å²) in [6, 6.07) is 11.1. The normalized spacial score (nSPS) is 14.1. The number of hydrogen-bond donors (Lipinski definition) is 1. The quantitative estimate of drug-likeness (QED) is 0.760. The lowest BCUT2D eigenvalue weighted by atomic mass is 10.2. The molecule has 27 heavy (non-hydrogen) atoms. The van der Waals surface area contributed by atoms with Crippen LogP contribution < -0.4 is 10.2 Å². The minimum absolute atomic E-state index is 0.0409. The van der Waals surface area contributed by atoms with Crippen molar-refractivity contribution in [3.8, 4) is 0 Å². The van der Waals surface area contributed by atoms with Gasteiger partial charge in [0.15, 0.2) is 11.6 Å². The molecule has 0 saturated carbocycles. The molecule has 0 radical (unpaired) electrons. The van der Waals surface area contributed by atoms with Gasteiger partial charge in [0, 0.05) is 50.3 Å². The molecular weight excluding hydrogens is 342 g/mol. The average Bonchev–Trinajstić information content (AvgIpc) is 2.75. The van der Waals surface area contributed by atoms with E-state index in [-0.39, 0.29) is 5.91 Å². The summed E-state index contributed by atoms with van der Waals surface area (Å²) in [7, 11) is 0. The third kappa shape index (κ3) is 4.00. The number of hydrogen-bond acceptors (Lipinski definition) is 7. The highest BCUT2D eigenvalue weighted by Gasteiger charge is 2.23. The Morgan fingerprint density at radius 1 is 0.889 bits per heavy atom. The van der Waals surface area contributed by atoms with Crippen LogP contribution >= 0.6 is 0 Å². The molecule has 0 bridgehead atoms. The molecule has 1 aliphatic heterocycles. The molecular formula is C19H19N7O. The summed E-state index contributed by atoms with van der Waals surface area (Å²) in [5.41, 5.74) is 1.53. The van der Waals surface area contributed by atoms with Crippen molar-refractivity contribution in [3.05, 3.63) is 66.7 Å². The smallest absolute Gasteiger partial charge is 0.254 e. The summed E-state index contributed by atoms with van der Waals surface area (Å²) in [5, 5.41) is 11.7. The number of aromatic nitrogens is 4. The van der Waals surface area contributed by atoms with Gasteiger partial charge in [-0.05, 0) is 36.4 Å². The Bertz CT molecular complexity index is 879. The number of carbonyl (C=O) groups excluding carboxylic acids is 1. The van der Waals surface area contributed by atoms with E-state index in [2.05, 4.69) is 30.4 Å². The Balaban J connectivity index is 1.35. The minimum atomic E-state index is 0.0409. The molecule has 0 spiro atoms. The summed E-state index contributed by atoms with van der Waals surface area (Å²) >= 11 is 0. The Labute approximate surface area is 156 Å². The maximum absolute atomic E-state index is 12.5. The van der Waals surface area contributed by atoms with Crippen molar-refractivity contribution >= 4 is 23.2 Å². The third-order valence-corrected chi connectivity index (χ3v) is 4.40. The van der Waals surface area contributed by atoms with E-state index in [9.17, 15) is 4.79 Å². The van der Waals surface area contributed by atoms with Gasteiger partial charge in [0.1, 0.15) is 0 Å². The molecule has 8 nitrogen and oxygen atoms in total. The topological polar surface area (TPSA) is 87.1 Å². The van der Waals surface area contributed by atoms with Crippen molar-refractivity contribution in [2.45, 2.75) is 0 Å². The summed E-state index contributed by atoms with van der Waals surface area (Å²) in [4.78, 5) is 24.5. The van der Waals surface area contributed by atoms with Crippen molar-refractivity contribution in [2.75, 3.05) is 36.4 Å². The first-order valence-electron chi connectivity index (χ1n) is 8.74. The molecule has 4 rings (SSSR count). The van der Waals surface area contributed by atoms with Crippen LogP contribution in [-0.4, -0.2) is 57.2 Å². The highest BCUT2D eigenvalue weighted by Crippen LogP contribution is 2.17. The number of anilines is 3. The van der Waals surface area contributed by atoms with Gasteiger partial charge in [0.25, 0.3) is 5.91 Å². The third-order valence-electron chi connectivity index (χ3n) is 4.40. The second-order valence-electron chi connectivity index (χ2n) is 6.16. The predicted octanol–water partition coefficient (Wildman–Crippen LogP) is 1.97. The lowest BCUT2D eigenvalue weighted by Crippen LogP contribution is -2.49. The van der Waals surface area contributed by atoms with E-state index in [4.69, 9.17) is 0 Å². The minimum Gasteiger partial charge on any atom is -0.352 e. The molecule has 0 aliphatic carbocycles. The Hall–Kier alpha value is -3.55. The van der Waals surface area contributed by atoms with E-state index in [1.165, 1.54) is 0 Å². The van der Waals surface area contributed by atoms with Crippen molar-refractivity contribution in [2.24, 2.45) is 0 Å². The monoisotopic (exact) mass is 361 g/mol. The van der Waals surface area contributed by atoms with Crippen molar-refractivity contribution in [1.82, 2.24) is 25.1 Å². The zero-order chi connectivity index (χ0) is 18.5. The van der Waals surface area contributed by atoms with E-state index >= 15 is 0 Å². The number of amides is 1. The fourth-order valence-electron chi connectivity index (χ4n) is 2.96. The number of nitrogens with one attached hydrogen (secondary N) is 1. The van der Waals surface area contributed by atoms with Crippen LogP contribution in [0.1, 0.15) is 10.4 Å². The Kier molecular flexibility index (Phi) is 4.86. The van der Waals surface area contributed by atoms with Crippen LogP contribution in [0.4, 0.5) is 17.3 Å². The molecule has 0 atom stereocenters. The number of pyridine rings is 2. The number of rotatable bonds is 4. The van der Waals surface area contributed by atoms with E-state index in [0.717, 1.165) is 24.6 Å². The molecule has 1 amide bonds. The van der Waals surface area contributed by atoms with Gasteiger partial charge in [-0.15, -0.1) is 10.2 Å². The molecule has 1 aliphatic rings. The first-order valence-corrected chi connectivity index (χ1v) is 8.74. The fraction of sp³-hybridized carbons (Fsp3) is 0.211. The zero-order valence-electron chi connectivity index (χ0n) is 14.7. The molecule has 1 saturated heterocycles. The first-order chi connectivity index (χ1) is 13.3. The summed E-state index contributed by atoms with van der Waals surface area (Å²) in [6.07, 6.45) is 6.73. The van der Waals surface area contributed by atoms with Crippen molar-refractivity contribution < 1.29 is 4.79 Å². The fourth-order valence-corrected chi connectivity index (χ4v) is 2.96. The SMILES string of the molecule is O=C(c1ccncc1)N1CCN(c2ccc(Nc3cccnc3)nn2)CC1. The van der Waals surface area contributed by atoms with Crippen molar-refractivity contribution in [1.29, 1.82) is 0 Å². The van der Waals surface area contributed by atoms with Gasteiger partial charge in [-0.1, -0.05) is 0 Å². The molecule has 4 heterocycles. The molecule has 1 N–H and O–H groups in total. The summed E-state index contributed by atoms with van der Waals surface area (Å²) < 4.78 is 0. The lowest BCUT2D eigenvalue weighted by Gasteiger charge is -2.35. The van der Waals surface area contributed by atoms with Crippen molar-refractivity contribution in [3.63, 3.8) is 0 Å². The highest BCUT2D eigenvalue weighted by molar-refractivity contribution is 5.94. The molecule has 0 unspecified atom stereocenters. The van der Waals surface area contributed by atoms with Crippen LogP contribution in [-0.2, 0) is 0 Å². The van der Waals surface area contributed by atoms with Gasteiger partial charge in [-0.25, -0.2) is 0 Å². The van der Waals surface area contributed by atoms with Gasteiger partial charge in [0.2, 0.25) is 0 Å². The Morgan fingerprint density at radius 3 is 2.37 bits per heavy atom. The summed E-state index contributed by atoms with van der Waals surface area (Å²) in [6.45, 7) is 2.75. The highest BCUT2D eigenvalue weighted by atomic mass is 16.2. The van der Waals surface area contributed by atoms with Crippen LogP contribution in [0.15, 0.2) is 61.2 Å². The molecule has 1 fully saturated rings. The number of carbonyl (C=O) groups is 1. The Morgan fingerprint density at radius 2 is 1.70 bits per heavy atom. The predicted molar refractivity (Wildman–Crippen MR) is 102 cm³/mol. The van der Waals surface area contributed by atoms with E-state index in [1.807, 2.05) is 29.2 Å². The number of nitrogens with zero attached hydrogens (tertiary/aromatic N) is 6. The molecule has 3 aromatic rings. The second kappa shape index (κ2) is 7.77. The second-order valence-corrected chi connectivity index (χ2v) is 6.16. The maximum atomic E-state index is 12.5. The van der Waals surface area contributed by atoms with Gasteiger partial charge in [-0.2, -0.15) is 0 Å². The largest absolute Gasteiger partial charge is 0.352 e. The van der Waals surface area contributed by atoms with Crippen LogP contribution in [0, 0.1) is 0 Å². The molecule has 8 heteroatoms. The lowest BCUT2D eigenvalue weighted by molar-refractivity contribution is 0.0746. The van der Waals surface area contributed by atoms with Crippen LogP contribution in [0.5, 0.6) is 0 Å². The van der Waals surface area contributed by atoms with Gasteiger partial charge in [0.05, 0.1) is 11.9 Å². The average molecular weight is 361 g/mol. The standard InChI is InChI=1S/C19H19N7O/c27-19(15-5-8-20-9-6-15)26-12-10-25(11-13-26)18-4-3-17(23-24-18)22-16-2-1-7-21-14-16/h1-9,14H,10-13H2,(H,22,23). The summed E-state index contributed by atoms with van der Waals surface area (Å²) in [5.74, 6) is 1.51. The van der Waals surface area contributed by atoms with Gasteiger partial charge in [-0.3, -0.25) is 14.8 Å². The van der Waals surface area contributed by atoms with Crippen LogP contribution in [0.25, 0.3) is 0 Å².